The number of aryl methyl sites for hydroxylation is 3. The van der Waals surface area contributed by atoms with Crippen LogP contribution in [0.15, 0.2) is 152 Å². The quantitative estimate of drug-likeness (QED) is 0.157. The molecule has 0 saturated heterocycles. The number of nitrogens with zero attached hydrogens (tertiary/aromatic N) is 2. The topological polar surface area (TPSA) is 25.8 Å². The van der Waals surface area contributed by atoms with Gasteiger partial charge in [-0.05, 0) is 116 Å². The van der Waals surface area contributed by atoms with Gasteiger partial charge in [-0.1, -0.05) is 162 Å². The van der Waals surface area contributed by atoms with E-state index in [0.29, 0.717) is 0 Å². The smallest absolute Gasteiger partial charge is 0.0708 e. The molecule has 0 saturated carbocycles. The van der Waals surface area contributed by atoms with Crippen LogP contribution < -0.4 is 0 Å². The van der Waals surface area contributed by atoms with E-state index in [0.717, 1.165) is 55.9 Å². The van der Waals surface area contributed by atoms with Crippen molar-refractivity contribution in [2.45, 2.75) is 72.0 Å². The molecule has 2 nitrogen and oxygen atoms in total. The van der Waals surface area contributed by atoms with E-state index in [2.05, 4.69) is 107 Å². The lowest BCUT2D eigenvalue weighted by atomic mass is 9.59. The van der Waals surface area contributed by atoms with Gasteiger partial charge in [-0.25, -0.2) is 0 Å². The molecule has 0 N–H and O–H groups in total. The van der Waals surface area contributed by atoms with E-state index in [1.807, 2.05) is 55.6 Å². The molecule has 1 aliphatic carbocycles. The third-order valence-electron chi connectivity index (χ3n) is 12.6. The van der Waals surface area contributed by atoms with E-state index in [4.69, 9.17) is 7.73 Å². The van der Waals surface area contributed by atoms with Gasteiger partial charge in [0.15, 0.2) is 0 Å². The highest BCUT2D eigenvalue weighted by Gasteiger charge is 2.56. The molecule has 268 valence electrons. The fraction of sp³-hybridized carbons (Fsp3) is 0.231. The molecule has 8 rings (SSSR count). The monoisotopic (exact) mass is 706 g/mol. The Kier molecular flexibility index (Phi) is 7.80. The highest BCUT2D eigenvalue weighted by molar-refractivity contribution is 5.85. The van der Waals surface area contributed by atoms with Crippen molar-refractivity contribution in [3.63, 3.8) is 0 Å². The average Bonchev–Trinajstić information content (AvgIpc) is 3.33. The number of hydrogen-bond donors (Lipinski definition) is 0. The van der Waals surface area contributed by atoms with Gasteiger partial charge >= 0.3 is 0 Å². The molecular weight excluding hydrogens is 653 g/mol. The van der Waals surface area contributed by atoms with Crippen molar-refractivity contribution in [3.8, 4) is 55.9 Å². The van der Waals surface area contributed by atoms with Gasteiger partial charge in [0.2, 0.25) is 0 Å². The van der Waals surface area contributed by atoms with Crippen LogP contribution in [0.3, 0.4) is 0 Å². The van der Waals surface area contributed by atoms with Gasteiger partial charge in [-0.15, -0.1) is 0 Å². The highest BCUT2D eigenvalue weighted by atomic mass is 14.7. The minimum atomic E-state index is -2.33. The highest BCUT2D eigenvalue weighted by Crippen LogP contribution is 2.61. The molecule has 0 aliphatic heterocycles. The molecule has 7 aromatic rings. The molecule has 0 radical (unpaired) electrons. The summed E-state index contributed by atoms with van der Waals surface area (Å²) in [5.74, 6) is 0. The van der Waals surface area contributed by atoms with Crippen LogP contribution in [0, 0.1) is 12.3 Å². The van der Waals surface area contributed by atoms with E-state index < -0.39 is 12.7 Å². The van der Waals surface area contributed by atoms with Crippen LogP contribution in [0.4, 0.5) is 0 Å². The largest absolute Gasteiger partial charge is 0.256 e. The van der Waals surface area contributed by atoms with Crippen molar-refractivity contribution in [1.29, 1.82) is 0 Å². The molecule has 2 heteroatoms. The maximum Gasteiger partial charge on any atom is 0.0708 e. The molecule has 2 aromatic heterocycles. The lowest BCUT2D eigenvalue weighted by molar-refractivity contribution is 0.125. The van der Waals surface area contributed by atoms with Crippen molar-refractivity contribution in [1.82, 2.24) is 9.97 Å². The Balaban J connectivity index is 1.08. The molecule has 0 amide bonds. The average molecular weight is 707 g/mol. The van der Waals surface area contributed by atoms with Crippen LogP contribution in [0.2, 0.25) is 0 Å². The minimum absolute atomic E-state index is 0.0252. The standard InChI is InChI=1S/C52H50N2/c1-35-30-37(16-15-36-17-19-39(20-18-36)48-14-10-11-28-53-48)32-43(31-35)45-13-9-8-12-44(45)38-21-23-40(24-22-38)49-34-42(27-29-54-49)41-25-26-46-47(33-41)51(4,5)52(6,7)50(46,2)3/h8-14,17-34H,15-16H2,1-7H3/i15D2,16D2. The van der Waals surface area contributed by atoms with Crippen molar-refractivity contribution in [2.24, 2.45) is 5.41 Å². The Bertz CT molecular complexity index is 2640. The number of rotatable bonds is 8. The maximum atomic E-state index is 9.23. The lowest BCUT2D eigenvalue weighted by Crippen LogP contribution is -2.42. The molecule has 0 bridgehead atoms. The number of aromatic nitrogens is 2. The van der Waals surface area contributed by atoms with Crippen molar-refractivity contribution in [3.05, 3.63) is 180 Å². The summed E-state index contributed by atoms with van der Waals surface area (Å²) in [4.78, 5) is 9.18. The van der Waals surface area contributed by atoms with Gasteiger partial charge in [0, 0.05) is 29.0 Å². The first-order chi connectivity index (χ1) is 27.4. The van der Waals surface area contributed by atoms with E-state index in [1.54, 1.807) is 42.6 Å². The van der Waals surface area contributed by atoms with Crippen LogP contribution in [0.1, 0.15) is 74.8 Å². The van der Waals surface area contributed by atoms with Gasteiger partial charge in [-0.2, -0.15) is 0 Å². The summed E-state index contributed by atoms with van der Waals surface area (Å²) in [6.45, 7) is 16.2. The first-order valence-electron chi connectivity index (χ1n) is 20.9. The first kappa shape index (κ1) is 30.8. The zero-order valence-corrected chi connectivity index (χ0v) is 32.3. The van der Waals surface area contributed by atoms with E-state index in [-0.39, 0.29) is 27.4 Å². The molecule has 0 spiro atoms. The second kappa shape index (κ2) is 13.7. The molecule has 1 aliphatic rings. The number of benzene rings is 5. The van der Waals surface area contributed by atoms with Gasteiger partial charge in [0.1, 0.15) is 0 Å². The van der Waals surface area contributed by atoms with Crippen LogP contribution in [0.25, 0.3) is 55.9 Å². The Hall–Kier alpha value is -5.60. The zero-order chi connectivity index (χ0) is 41.3. The van der Waals surface area contributed by atoms with Crippen LogP contribution in [0.5, 0.6) is 0 Å². The van der Waals surface area contributed by atoms with E-state index in [9.17, 15) is 2.74 Å². The summed E-state index contributed by atoms with van der Waals surface area (Å²) in [7, 11) is 0. The number of fused-ring (bicyclic) bond motifs is 1. The van der Waals surface area contributed by atoms with Gasteiger partial charge in [0.25, 0.3) is 0 Å². The van der Waals surface area contributed by atoms with Crippen LogP contribution >= 0.6 is 0 Å². The summed E-state index contributed by atoms with van der Waals surface area (Å²) >= 11 is 0. The maximum absolute atomic E-state index is 9.23. The molecule has 5 aromatic carbocycles. The van der Waals surface area contributed by atoms with Gasteiger partial charge in [0.05, 0.1) is 11.4 Å². The Morgan fingerprint density at radius 2 is 1.02 bits per heavy atom. The predicted molar refractivity (Wildman–Crippen MR) is 228 cm³/mol. The Labute approximate surface area is 327 Å². The molecule has 0 unspecified atom stereocenters. The van der Waals surface area contributed by atoms with E-state index in [1.165, 1.54) is 16.7 Å². The third-order valence-corrected chi connectivity index (χ3v) is 12.6. The minimum Gasteiger partial charge on any atom is -0.256 e. The van der Waals surface area contributed by atoms with E-state index >= 15 is 0 Å². The normalized spacial score (nSPS) is 16.8. The summed E-state index contributed by atoms with van der Waals surface area (Å²) in [5, 5.41) is 0. The first-order valence-corrected chi connectivity index (χ1v) is 18.9. The number of hydrogen-bond acceptors (Lipinski definition) is 2. The second-order valence-corrected chi connectivity index (χ2v) is 16.3. The number of pyridine rings is 2. The molecule has 54 heavy (non-hydrogen) atoms. The fourth-order valence-electron chi connectivity index (χ4n) is 8.23. The predicted octanol–water partition coefficient (Wildman–Crippen LogP) is 13.5. The fourth-order valence-corrected chi connectivity index (χ4v) is 8.23. The lowest BCUT2D eigenvalue weighted by Gasteiger charge is -2.44. The van der Waals surface area contributed by atoms with Gasteiger partial charge in [-0.3, -0.25) is 9.97 Å². The summed E-state index contributed by atoms with van der Waals surface area (Å²) in [6, 6.07) is 46.1. The molecule has 0 fully saturated rings. The Morgan fingerprint density at radius 3 is 1.74 bits per heavy atom. The summed E-state index contributed by atoms with van der Waals surface area (Å²) in [5.41, 5.74) is 14.2. The van der Waals surface area contributed by atoms with Crippen molar-refractivity contribution >= 4 is 0 Å². The SMILES string of the molecule is [2H]C([2H])(c1ccc(-c2ccccn2)cc1)C([2H])([2H])c1cc(C)cc(-c2ccccc2-c2ccc(-c3cc(-c4ccc5c(c4)C(C)(C)C(C)(C)C5(C)C)ccn3)cc2)c1. The van der Waals surface area contributed by atoms with Crippen LogP contribution in [-0.2, 0) is 23.6 Å². The van der Waals surface area contributed by atoms with Crippen molar-refractivity contribution < 1.29 is 5.48 Å². The summed E-state index contributed by atoms with van der Waals surface area (Å²) < 4.78 is 36.7. The molecular formula is C52H50N2. The Morgan fingerprint density at radius 1 is 0.444 bits per heavy atom. The zero-order valence-electron chi connectivity index (χ0n) is 36.3. The van der Waals surface area contributed by atoms with Gasteiger partial charge < -0.3 is 0 Å². The van der Waals surface area contributed by atoms with Crippen LogP contribution in [-0.4, -0.2) is 9.97 Å². The van der Waals surface area contributed by atoms with Crippen molar-refractivity contribution in [2.75, 3.05) is 0 Å². The second-order valence-electron chi connectivity index (χ2n) is 16.3. The molecule has 0 atom stereocenters. The molecule has 2 heterocycles. The third kappa shape index (κ3) is 6.28. The summed E-state index contributed by atoms with van der Waals surface area (Å²) in [6.07, 6.45) is -1.03.